The summed E-state index contributed by atoms with van der Waals surface area (Å²) in [4.78, 5) is 30.2. The number of hydrogen-bond donors (Lipinski definition) is 0. The molecule has 0 unspecified atom stereocenters. The number of aromatic nitrogens is 2. The Kier molecular flexibility index (Phi) is 6.08. The molecule has 0 N–H and O–H groups in total. The van der Waals surface area contributed by atoms with E-state index in [9.17, 15) is 22.8 Å². The number of halogens is 4. The zero-order chi connectivity index (χ0) is 24.8. The van der Waals surface area contributed by atoms with Crippen molar-refractivity contribution in [2.24, 2.45) is 7.05 Å². The van der Waals surface area contributed by atoms with Crippen LogP contribution in [0, 0.1) is 13.8 Å². The Bertz CT molecular complexity index is 1510. The molecule has 0 aliphatic rings. The van der Waals surface area contributed by atoms with Crippen LogP contribution in [0.3, 0.4) is 0 Å². The third-order valence-corrected chi connectivity index (χ3v) is 6.13. The molecule has 0 spiro atoms. The van der Waals surface area contributed by atoms with E-state index in [1.165, 1.54) is 6.07 Å². The van der Waals surface area contributed by atoms with Crippen molar-refractivity contribution < 1.29 is 18.0 Å². The standard InChI is InChI=1S/C26H20ClF3N2O2/c1-14-4-5-16(10-24(33)17-6-7-22(27)21(12-17)26(28,29)30)9-19(14)20-11-18-13-31-15(2)8-23(18)32(3)25(20)34/h4-9,11-13H,10H2,1-3H3. The maximum Gasteiger partial charge on any atom is 0.417 e. The van der Waals surface area contributed by atoms with Crippen LogP contribution in [0.5, 0.6) is 0 Å². The number of aryl methyl sites for hydroxylation is 3. The molecule has 34 heavy (non-hydrogen) atoms. The first-order valence-electron chi connectivity index (χ1n) is 10.4. The van der Waals surface area contributed by atoms with Gasteiger partial charge in [0.05, 0.1) is 16.1 Å². The fraction of sp³-hybridized carbons (Fsp3) is 0.192. The smallest absolute Gasteiger partial charge is 0.311 e. The summed E-state index contributed by atoms with van der Waals surface area (Å²) in [6.07, 6.45) is -3.08. The highest BCUT2D eigenvalue weighted by atomic mass is 35.5. The van der Waals surface area contributed by atoms with Crippen molar-refractivity contribution in [2.45, 2.75) is 26.4 Å². The number of rotatable bonds is 4. The number of carbonyl (C=O) groups excluding carboxylic acids is 1. The van der Waals surface area contributed by atoms with Gasteiger partial charge in [-0.3, -0.25) is 14.6 Å². The fourth-order valence-electron chi connectivity index (χ4n) is 3.93. The van der Waals surface area contributed by atoms with Gasteiger partial charge in [-0.1, -0.05) is 29.8 Å². The zero-order valence-corrected chi connectivity index (χ0v) is 19.4. The molecule has 0 aliphatic heterocycles. The number of benzene rings is 2. The quantitative estimate of drug-likeness (QED) is 0.319. The second-order valence-corrected chi connectivity index (χ2v) is 8.66. The first-order valence-corrected chi connectivity index (χ1v) is 10.8. The van der Waals surface area contributed by atoms with Crippen molar-refractivity contribution in [3.05, 3.63) is 98.1 Å². The first kappa shape index (κ1) is 23.7. The van der Waals surface area contributed by atoms with E-state index in [0.29, 0.717) is 16.7 Å². The molecule has 0 saturated heterocycles. The maximum absolute atomic E-state index is 13.2. The maximum atomic E-state index is 13.2. The van der Waals surface area contributed by atoms with Gasteiger partial charge in [0.25, 0.3) is 5.56 Å². The van der Waals surface area contributed by atoms with Crippen LogP contribution in [0.15, 0.2) is 59.5 Å². The van der Waals surface area contributed by atoms with E-state index in [4.69, 9.17) is 11.6 Å². The van der Waals surface area contributed by atoms with E-state index >= 15 is 0 Å². The largest absolute Gasteiger partial charge is 0.417 e. The third kappa shape index (κ3) is 4.48. The number of ketones is 1. The summed E-state index contributed by atoms with van der Waals surface area (Å²) in [7, 11) is 1.69. The van der Waals surface area contributed by atoms with E-state index in [2.05, 4.69) is 4.98 Å². The van der Waals surface area contributed by atoms with E-state index in [1.807, 2.05) is 19.9 Å². The van der Waals surface area contributed by atoms with Gasteiger partial charge < -0.3 is 4.57 Å². The van der Waals surface area contributed by atoms with Gasteiger partial charge in [-0.15, -0.1) is 0 Å². The Morgan fingerprint density at radius 2 is 1.76 bits per heavy atom. The SMILES string of the molecule is Cc1cc2c(cn1)cc(-c1cc(CC(=O)c3ccc(Cl)c(C(F)(F)F)c3)ccc1C)c(=O)n2C. The van der Waals surface area contributed by atoms with Crippen LogP contribution in [0.1, 0.15) is 32.7 Å². The van der Waals surface area contributed by atoms with Crippen LogP contribution in [0.4, 0.5) is 13.2 Å². The fourth-order valence-corrected chi connectivity index (χ4v) is 4.16. The van der Waals surface area contributed by atoms with E-state index in [-0.39, 0.29) is 17.5 Å². The molecule has 0 saturated carbocycles. The highest BCUT2D eigenvalue weighted by Gasteiger charge is 2.33. The van der Waals surface area contributed by atoms with Crippen molar-refractivity contribution in [3.63, 3.8) is 0 Å². The van der Waals surface area contributed by atoms with Gasteiger partial charge in [-0.25, -0.2) is 0 Å². The van der Waals surface area contributed by atoms with E-state index in [0.717, 1.165) is 34.3 Å². The number of carbonyl (C=O) groups is 1. The molecule has 0 bridgehead atoms. The van der Waals surface area contributed by atoms with E-state index < -0.39 is 22.5 Å². The number of hydrogen-bond acceptors (Lipinski definition) is 3. The molecule has 2 aromatic carbocycles. The lowest BCUT2D eigenvalue weighted by molar-refractivity contribution is -0.137. The van der Waals surface area contributed by atoms with Crippen molar-refractivity contribution >= 4 is 28.3 Å². The predicted octanol–water partition coefficient (Wildman–Crippen LogP) is 6.31. The minimum atomic E-state index is -4.66. The van der Waals surface area contributed by atoms with Crippen LogP contribution < -0.4 is 5.56 Å². The van der Waals surface area contributed by atoms with Crippen LogP contribution in [-0.4, -0.2) is 15.3 Å². The second-order valence-electron chi connectivity index (χ2n) is 8.25. The first-order chi connectivity index (χ1) is 16.0. The molecule has 2 heterocycles. The molecule has 0 atom stereocenters. The number of fused-ring (bicyclic) bond motifs is 1. The monoisotopic (exact) mass is 484 g/mol. The summed E-state index contributed by atoms with van der Waals surface area (Å²) < 4.78 is 41.1. The highest BCUT2D eigenvalue weighted by Crippen LogP contribution is 2.35. The van der Waals surface area contributed by atoms with Crippen LogP contribution in [0.2, 0.25) is 5.02 Å². The van der Waals surface area contributed by atoms with Gasteiger partial charge in [0.1, 0.15) is 0 Å². The Hall–Kier alpha value is -3.45. The Balaban J connectivity index is 1.73. The molecular formula is C26H20ClF3N2O2. The molecule has 2 aromatic heterocycles. The van der Waals surface area contributed by atoms with Crippen LogP contribution in [-0.2, 0) is 19.6 Å². The lowest BCUT2D eigenvalue weighted by Crippen LogP contribution is -2.19. The highest BCUT2D eigenvalue weighted by molar-refractivity contribution is 6.31. The summed E-state index contributed by atoms with van der Waals surface area (Å²) in [6.45, 7) is 3.70. The topological polar surface area (TPSA) is 52.0 Å². The molecule has 0 fully saturated rings. The zero-order valence-electron chi connectivity index (χ0n) is 18.6. The van der Waals surface area contributed by atoms with Gasteiger partial charge in [0.2, 0.25) is 0 Å². The molecular weight excluding hydrogens is 465 g/mol. The van der Waals surface area contributed by atoms with Crippen molar-refractivity contribution in [1.29, 1.82) is 0 Å². The summed E-state index contributed by atoms with van der Waals surface area (Å²) in [5.74, 6) is -0.483. The Morgan fingerprint density at radius 1 is 1.03 bits per heavy atom. The van der Waals surface area contributed by atoms with Gasteiger partial charge in [-0.2, -0.15) is 13.2 Å². The number of Topliss-reactive ketones (excluding diaryl/α,β-unsaturated/α-hetero) is 1. The number of nitrogens with zero attached hydrogens (tertiary/aromatic N) is 2. The average molecular weight is 485 g/mol. The number of pyridine rings is 2. The molecule has 174 valence electrons. The lowest BCUT2D eigenvalue weighted by Gasteiger charge is -2.13. The minimum absolute atomic E-state index is 0.0816. The molecule has 0 radical (unpaired) electrons. The van der Waals surface area contributed by atoms with Gasteiger partial charge in [0, 0.05) is 41.9 Å². The van der Waals surface area contributed by atoms with Gasteiger partial charge in [0.15, 0.2) is 5.78 Å². The summed E-state index contributed by atoms with van der Waals surface area (Å²) in [5, 5.41) is 0.336. The molecule has 4 nitrogen and oxygen atoms in total. The van der Waals surface area contributed by atoms with Crippen LogP contribution >= 0.6 is 11.6 Å². The minimum Gasteiger partial charge on any atom is -0.311 e. The van der Waals surface area contributed by atoms with Crippen molar-refractivity contribution in [1.82, 2.24) is 9.55 Å². The van der Waals surface area contributed by atoms with Crippen molar-refractivity contribution in [3.8, 4) is 11.1 Å². The Morgan fingerprint density at radius 3 is 2.47 bits per heavy atom. The average Bonchev–Trinajstić information content (AvgIpc) is 2.77. The molecule has 4 aromatic rings. The third-order valence-electron chi connectivity index (χ3n) is 5.80. The van der Waals surface area contributed by atoms with E-state index in [1.54, 1.807) is 42.1 Å². The molecule has 0 amide bonds. The molecule has 0 aliphatic carbocycles. The lowest BCUT2D eigenvalue weighted by atomic mass is 9.94. The predicted molar refractivity (Wildman–Crippen MR) is 126 cm³/mol. The summed E-state index contributed by atoms with van der Waals surface area (Å²) in [6, 6.07) is 12.0. The van der Waals surface area contributed by atoms with Gasteiger partial charge >= 0.3 is 6.18 Å². The second kappa shape index (κ2) is 8.72. The molecule has 4 rings (SSSR count). The van der Waals surface area contributed by atoms with Gasteiger partial charge in [-0.05, 0) is 60.9 Å². The normalized spacial score (nSPS) is 11.7. The summed E-state index contributed by atoms with van der Waals surface area (Å²) in [5.41, 5.74) is 2.75. The molecule has 8 heteroatoms. The van der Waals surface area contributed by atoms with Crippen LogP contribution in [0.25, 0.3) is 22.0 Å². The Labute approximate surface area is 198 Å². The van der Waals surface area contributed by atoms with Crippen molar-refractivity contribution in [2.75, 3.05) is 0 Å². The number of alkyl halides is 3. The summed E-state index contributed by atoms with van der Waals surface area (Å²) >= 11 is 5.66.